The van der Waals surface area contributed by atoms with Crippen LogP contribution in [-0.2, 0) is 16.8 Å². The number of allylic oxidation sites excluding steroid dienone is 1. The lowest BCUT2D eigenvalue weighted by atomic mass is 9.78. The van der Waals surface area contributed by atoms with Crippen LogP contribution in [0, 0.1) is 5.92 Å². The van der Waals surface area contributed by atoms with Crippen LogP contribution in [0.5, 0.6) is 0 Å². The summed E-state index contributed by atoms with van der Waals surface area (Å²) in [4.78, 5) is 18.5. The van der Waals surface area contributed by atoms with Crippen LogP contribution in [-0.4, -0.2) is 90.8 Å². The minimum Gasteiger partial charge on any atom is -0.358 e. The highest BCUT2D eigenvalue weighted by atomic mass is 16.2. The third-order valence-corrected chi connectivity index (χ3v) is 9.16. The lowest BCUT2D eigenvalue weighted by Gasteiger charge is -2.46. The molecule has 208 valence electrons. The maximum Gasteiger partial charge on any atom is 0.244 e. The fraction of sp³-hybridized carbons (Fsp3) is 0.690. The normalized spacial score (nSPS) is 35.4. The van der Waals surface area contributed by atoms with Gasteiger partial charge in [-0.2, -0.15) is 5.01 Å². The van der Waals surface area contributed by atoms with Crippen molar-refractivity contribution in [2.24, 2.45) is 5.92 Å². The van der Waals surface area contributed by atoms with Crippen LogP contribution in [0.4, 0.5) is 5.69 Å². The predicted molar refractivity (Wildman–Crippen MR) is 151 cm³/mol. The Balaban J connectivity index is 1.22. The zero-order chi connectivity index (χ0) is 26.4. The van der Waals surface area contributed by atoms with Gasteiger partial charge in [0.15, 0.2) is 0 Å². The summed E-state index contributed by atoms with van der Waals surface area (Å²) in [5.41, 5.74) is 4.09. The molecule has 0 saturated carbocycles. The van der Waals surface area contributed by atoms with Gasteiger partial charge in [-0.15, -0.1) is 0 Å². The fourth-order valence-corrected chi connectivity index (χ4v) is 7.38. The van der Waals surface area contributed by atoms with Crippen molar-refractivity contribution in [2.75, 3.05) is 45.6 Å². The van der Waals surface area contributed by atoms with E-state index in [-0.39, 0.29) is 35.9 Å². The second-order valence-electron chi connectivity index (χ2n) is 12.7. The smallest absolute Gasteiger partial charge is 0.244 e. The van der Waals surface area contributed by atoms with E-state index in [0.29, 0.717) is 19.3 Å². The summed E-state index contributed by atoms with van der Waals surface area (Å²) in [6, 6.07) is 6.80. The zero-order valence-electron chi connectivity index (χ0n) is 23.5. The molecule has 5 unspecified atom stereocenters. The summed E-state index contributed by atoms with van der Waals surface area (Å²) in [6.45, 7) is 9.08. The molecule has 5 aliphatic rings. The first-order valence-corrected chi connectivity index (χ1v) is 14.6. The molecule has 5 atom stereocenters. The molecular weight excluding hydrogens is 476 g/mol. The van der Waals surface area contributed by atoms with Crippen LogP contribution >= 0.6 is 0 Å². The molecule has 38 heavy (non-hydrogen) atoms. The van der Waals surface area contributed by atoms with E-state index in [1.165, 1.54) is 11.1 Å². The second kappa shape index (κ2) is 10.5. The highest BCUT2D eigenvalue weighted by Gasteiger charge is 2.52. The molecule has 0 aromatic heterocycles. The van der Waals surface area contributed by atoms with Crippen LogP contribution < -0.4 is 21.3 Å². The molecule has 5 heterocycles. The molecule has 0 spiro atoms. The Kier molecular flexibility index (Phi) is 7.26. The standard InChI is InChI=1S/C29H46N8O/c1-29(2)19-34(3)18-20-16-21(12-13-23(20)29)31-28-30-17-22-26(33-28)37-25-11-9-10-24(32-25)35(4)14-7-5-6-8-15-36(37)27(22)38/h6,8,12-13,16,22,24-26,28,30-33H,5,7,9-11,14-15,17-19H2,1-4H3/b8-6-. The third-order valence-electron chi connectivity index (χ3n) is 9.16. The Morgan fingerprint density at radius 1 is 1.05 bits per heavy atom. The van der Waals surface area contributed by atoms with Crippen molar-refractivity contribution < 1.29 is 4.79 Å². The number of hydrogen-bond donors (Lipinski definition) is 4. The Bertz CT molecular complexity index is 1060. The van der Waals surface area contributed by atoms with Gasteiger partial charge in [-0.05, 0) is 76.0 Å². The molecule has 3 fully saturated rings. The molecule has 9 heteroatoms. The fourth-order valence-electron chi connectivity index (χ4n) is 7.38. The monoisotopic (exact) mass is 522 g/mol. The first kappa shape index (κ1) is 26.2. The van der Waals surface area contributed by atoms with Crippen molar-refractivity contribution >= 4 is 11.6 Å². The molecule has 1 aromatic rings. The van der Waals surface area contributed by atoms with Gasteiger partial charge in [0.2, 0.25) is 5.91 Å². The van der Waals surface area contributed by atoms with E-state index in [1.807, 2.05) is 5.01 Å². The van der Waals surface area contributed by atoms with Crippen LogP contribution in [0.1, 0.15) is 57.1 Å². The average Bonchev–Trinajstić information content (AvgIpc) is 3.15. The number of benzene rings is 1. The van der Waals surface area contributed by atoms with Gasteiger partial charge in [0.1, 0.15) is 6.29 Å². The van der Waals surface area contributed by atoms with Gasteiger partial charge in [-0.3, -0.25) is 30.7 Å². The number of nitrogens with one attached hydrogen (secondary N) is 4. The first-order chi connectivity index (χ1) is 18.3. The number of piperidine rings is 1. The number of amides is 1. The predicted octanol–water partition coefficient (Wildman–Crippen LogP) is 2.01. The summed E-state index contributed by atoms with van der Waals surface area (Å²) in [5.74, 6) is 0.107. The van der Waals surface area contributed by atoms with Gasteiger partial charge < -0.3 is 10.2 Å². The third kappa shape index (κ3) is 5.00. The number of hydrazine groups is 1. The number of nitrogens with zero attached hydrogens (tertiary/aromatic N) is 4. The van der Waals surface area contributed by atoms with Crippen molar-refractivity contribution in [3.05, 3.63) is 41.5 Å². The minimum atomic E-state index is -0.115. The van der Waals surface area contributed by atoms with Gasteiger partial charge >= 0.3 is 0 Å². The number of anilines is 1. The number of hydrogen-bond acceptors (Lipinski definition) is 8. The summed E-state index contributed by atoms with van der Waals surface area (Å²) < 4.78 is 0. The Morgan fingerprint density at radius 2 is 1.89 bits per heavy atom. The molecule has 6 rings (SSSR count). The molecule has 5 aliphatic heterocycles. The van der Waals surface area contributed by atoms with E-state index in [9.17, 15) is 4.79 Å². The molecule has 2 bridgehead atoms. The lowest BCUT2D eigenvalue weighted by Crippen LogP contribution is -2.68. The van der Waals surface area contributed by atoms with E-state index in [1.54, 1.807) is 0 Å². The average molecular weight is 523 g/mol. The van der Waals surface area contributed by atoms with Gasteiger partial charge in [0.25, 0.3) is 0 Å². The Labute approximate surface area is 227 Å². The van der Waals surface area contributed by atoms with Gasteiger partial charge in [0.05, 0.1) is 31.0 Å². The molecule has 9 nitrogen and oxygen atoms in total. The number of rotatable bonds is 2. The summed E-state index contributed by atoms with van der Waals surface area (Å²) >= 11 is 0. The Hall–Kier alpha value is -2.01. The van der Waals surface area contributed by atoms with E-state index in [0.717, 1.165) is 57.4 Å². The molecule has 1 aromatic carbocycles. The van der Waals surface area contributed by atoms with E-state index in [2.05, 4.69) is 94.4 Å². The number of carbonyl (C=O) groups is 1. The highest BCUT2D eigenvalue weighted by Crippen LogP contribution is 2.35. The van der Waals surface area contributed by atoms with Crippen LogP contribution in [0.2, 0.25) is 0 Å². The van der Waals surface area contributed by atoms with Crippen molar-refractivity contribution in [3.8, 4) is 0 Å². The maximum absolute atomic E-state index is 13.6. The lowest BCUT2D eigenvalue weighted by molar-refractivity contribution is -0.146. The summed E-state index contributed by atoms with van der Waals surface area (Å²) in [6.07, 6.45) is 10.3. The minimum absolute atomic E-state index is 0.0539. The van der Waals surface area contributed by atoms with Crippen molar-refractivity contribution in [1.82, 2.24) is 35.8 Å². The number of carbonyl (C=O) groups excluding carboxylic acids is 1. The molecule has 0 radical (unpaired) electrons. The Morgan fingerprint density at radius 3 is 2.76 bits per heavy atom. The molecule has 4 N–H and O–H groups in total. The maximum atomic E-state index is 13.6. The van der Waals surface area contributed by atoms with Crippen molar-refractivity contribution in [1.29, 1.82) is 0 Å². The van der Waals surface area contributed by atoms with E-state index in [4.69, 9.17) is 0 Å². The number of fused-ring (bicyclic) bond motifs is 7. The summed E-state index contributed by atoms with van der Waals surface area (Å²) in [5, 5.41) is 19.3. The molecule has 0 aliphatic carbocycles. The van der Waals surface area contributed by atoms with Crippen molar-refractivity contribution in [2.45, 2.75) is 82.7 Å². The first-order valence-electron chi connectivity index (χ1n) is 14.6. The molecular formula is C29H46N8O. The van der Waals surface area contributed by atoms with Gasteiger partial charge in [-0.25, -0.2) is 0 Å². The van der Waals surface area contributed by atoms with Crippen molar-refractivity contribution in [3.63, 3.8) is 0 Å². The highest BCUT2D eigenvalue weighted by molar-refractivity contribution is 5.82. The number of likely N-dealkylation sites (N-methyl/N-ethyl adjacent to an activating group) is 1. The SMILES string of the molecule is CN1Cc2cc(NC3NCC4C(=O)N5C/C=C\CCCN(C)C6CCCC(N6)N5C4N3)ccc2C(C)(C)C1. The molecule has 1 amide bonds. The summed E-state index contributed by atoms with van der Waals surface area (Å²) in [7, 11) is 4.43. The largest absolute Gasteiger partial charge is 0.358 e. The zero-order valence-corrected chi connectivity index (χ0v) is 23.5. The van der Waals surface area contributed by atoms with Gasteiger partial charge in [0, 0.05) is 30.7 Å². The molecule has 3 saturated heterocycles. The van der Waals surface area contributed by atoms with E-state index >= 15 is 0 Å². The van der Waals surface area contributed by atoms with Crippen LogP contribution in [0.25, 0.3) is 0 Å². The second-order valence-corrected chi connectivity index (χ2v) is 12.7. The topological polar surface area (TPSA) is 78.2 Å². The van der Waals surface area contributed by atoms with Gasteiger partial charge in [-0.1, -0.05) is 32.1 Å². The van der Waals surface area contributed by atoms with Crippen LogP contribution in [0.15, 0.2) is 30.4 Å². The van der Waals surface area contributed by atoms with Crippen LogP contribution in [0.3, 0.4) is 0 Å². The van der Waals surface area contributed by atoms with E-state index < -0.39 is 0 Å². The quantitative estimate of drug-likeness (QED) is 0.440.